The van der Waals surface area contributed by atoms with Crippen LogP contribution in [0, 0.1) is 6.92 Å². The second-order valence-electron chi connectivity index (χ2n) is 6.60. The molecule has 0 amide bonds. The molecule has 0 fully saturated rings. The van der Waals surface area contributed by atoms with Crippen molar-refractivity contribution in [3.8, 4) is 22.5 Å². The van der Waals surface area contributed by atoms with Crippen LogP contribution in [-0.4, -0.2) is 19.6 Å². The fraction of sp³-hybridized carbons (Fsp3) is 0.150. The van der Waals surface area contributed by atoms with Crippen LogP contribution in [0.3, 0.4) is 0 Å². The number of aryl methyl sites for hydroxylation is 1. The molecule has 0 atom stereocenters. The third kappa shape index (κ3) is 3.49. The van der Waals surface area contributed by atoms with E-state index in [9.17, 15) is 26.3 Å². The Morgan fingerprint density at radius 1 is 0.800 bits per heavy atom. The van der Waals surface area contributed by atoms with Gasteiger partial charge in [0.1, 0.15) is 12.0 Å². The van der Waals surface area contributed by atoms with Crippen LogP contribution in [0.25, 0.3) is 28.0 Å². The Bertz CT molecular complexity index is 1220. The predicted octanol–water partition coefficient (Wildman–Crippen LogP) is 5.80. The summed E-state index contributed by atoms with van der Waals surface area (Å²) in [4.78, 5) is 8.13. The lowest BCUT2D eigenvalue weighted by atomic mass is 10.0. The maximum atomic E-state index is 13.1. The minimum atomic E-state index is -4.57. The summed E-state index contributed by atoms with van der Waals surface area (Å²) in [6.07, 6.45) is -5.42. The van der Waals surface area contributed by atoms with Gasteiger partial charge in [0.2, 0.25) is 0 Å². The monoisotopic (exact) mass is 422 g/mol. The summed E-state index contributed by atoms with van der Waals surface area (Å²) in [5.41, 5.74) is 0.591. The zero-order chi connectivity index (χ0) is 21.7. The summed E-state index contributed by atoms with van der Waals surface area (Å²) >= 11 is 0. The highest BCUT2D eigenvalue weighted by atomic mass is 19.4. The van der Waals surface area contributed by atoms with E-state index in [0.29, 0.717) is 27.9 Å². The Morgan fingerprint density at radius 2 is 1.43 bits per heavy atom. The van der Waals surface area contributed by atoms with E-state index in [1.807, 2.05) is 0 Å². The lowest BCUT2D eigenvalue weighted by Crippen LogP contribution is -2.06. The molecule has 1 aromatic carbocycles. The van der Waals surface area contributed by atoms with Gasteiger partial charge in [-0.15, -0.1) is 0 Å². The number of hydrogen-bond donors (Lipinski definition) is 0. The maximum Gasteiger partial charge on any atom is 0.417 e. The van der Waals surface area contributed by atoms with Crippen molar-refractivity contribution in [2.45, 2.75) is 19.3 Å². The molecule has 0 saturated carbocycles. The number of hydrogen-bond acceptors (Lipinski definition) is 3. The second kappa shape index (κ2) is 6.82. The minimum absolute atomic E-state index is 0.213. The van der Waals surface area contributed by atoms with Gasteiger partial charge in [0.25, 0.3) is 0 Å². The fourth-order valence-electron chi connectivity index (χ4n) is 3.13. The summed E-state index contributed by atoms with van der Waals surface area (Å²) in [5, 5.41) is 4.24. The third-order valence-corrected chi connectivity index (χ3v) is 4.57. The van der Waals surface area contributed by atoms with Crippen molar-refractivity contribution in [3.05, 3.63) is 71.8 Å². The molecular formula is C20H12F6N4. The van der Waals surface area contributed by atoms with Crippen LogP contribution in [0.1, 0.15) is 16.7 Å². The second-order valence-corrected chi connectivity index (χ2v) is 6.60. The highest BCUT2D eigenvalue weighted by molar-refractivity contribution is 5.91. The van der Waals surface area contributed by atoms with Crippen molar-refractivity contribution in [2.75, 3.05) is 0 Å². The first kappa shape index (κ1) is 19.9. The van der Waals surface area contributed by atoms with Crippen molar-refractivity contribution in [2.24, 2.45) is 0 Å². The van der Waals surface area contributed by atoms with Gasteiger partial charge in [-0.2, -0.15) is 31.4 Å². The summed E-state index contributed by atoms with van der Waals surface area (Å²) < 4.78 is 79.1. The SMILES string of the molecule is Cc1cncnc1-c1c(-c2ccc(C(F)(F)F)cc2)nn2cc(C(F)(F)F)ccc12. The molecule has 0 aliphatic rings. The number of aromatic nitrogens is 4. The van der Waals surface area contributed by atoms with E-state index in [0.717, 1.165) is 28.9 Å². The molecule has 154 valence electrons. The van der Waals surface area contributed by atoms with Crippen LogP contribution >= 0.6 is 0 Å². The van der Waals surface area contributed by atoms with Crippen molar-refractivity contribution in [1.29, 1.82) is 0 Å². The zero-order valence-electron chi connectivity index (χ0n) is 15.3. The number of fused-ring (bicyclic) bond motifs is 1. The van der Waals surface area contributed by atoms with Crippen LogP contribution in [0.5, 0.6) is 0 Å². The first-order valence-corrected chi connectivity index (χ1v) is 8.60. The molecule has 0 saturated heterocycles. The first-order valence-electron chi connectivity index (χ1n) is 8.60. The molecule has 4 rings (SSSR count). The average molecular weight is 422 g/mol. The van der Waals surface area contributed by atoms with E-state index in [4.69, 9.17) is 0 Å². The van der Waals surface area contributed by atoms with E-state index in [-0.39, 0.29) is 5.69 Å². The molecule has 3 heterocycles. The van der Waals surface area contributed by atoms with Gasteiger partial charge in [0, 0.05) is 18.0 Å². The normalized spacial score (nSPS) is 12.5. The topological polar surface area (TPSA) is 43.1 Å². The standard InChI is InChI=1S/C20H12F6N4/c1-11-8-27-10-28-17(11)16-15-7-6-14(20(24,25)26)9-30(15)29-18(16)12-2-4-13(5-3-12)19(21,22)23/h2-10H,1H3. The quantitative estimate of drug-likeness (QED) is 0.383. The molecule has 4 aromatic rings. The highest BCUT2D eigenvalue weighted by Crippen LogP contribution is 2.38. The smallest absolute Gasteiger partial charge is 0.245 e. The van der Waals surface area contributed by atoms with Gasteiger partial charge in [0.15, 0.2) is 0 Å². The van der Waals surface area contributed by atoms with E-state index in [2.05, 4.69) is 15.1 Å². The predicted molar refractivity (Wildman–Crippen MR) is 96.4 cm³/mol. The van der Waals surface area contributed by atoms with Gasteiger partial charge in [-0.05, 0) is 36.8 Å². The van der Waals surface area contributed by atoms with E-state index >= 15 is 0 Å². The van der Waals surface area contributed by atoms with Crippen molar-refractivity contribution in [1.82, 2.24) is 19.6 Å². The van der Waals surface area contributed by atoms with Crippen LogP contribution in [0.2, 0.25) is 0 Å². The Balaban J connectivity index is 1.98. The summed E-state index contributed by atoms with van der Waals surface area (Å²) in [6, 6.07) is 6.45. The third-order valence-electron chi connectivity index (χ3n) is 4.57. The van der Waals surface area contributed by atoms with E-state index in [1.54, 1.807) is 6.92 Å². The molecule has 3 aromatic heterocycles. The van der Waals surface area contributed by atoms with Gasteiger partial charge in [-0.1, -0.05) is 12.1 Å². The zero-order valence-corrected chi connectivity index (χ0v) is 15.3. The molecule has 0 bridgehead atoms. The first-order chi connectivity index (χ1) is 14.1. The average Bonchev–Trinajstić information content (AvgIpc) is 3.06. The maximum absolute atomic E-state index is 13.1. The summed E-state index contributed by atoms with van der Waals surface area (Å²) in [5.74, 6) is 0. The van der Waals surface area contributed by atoms with Crippen molar-refractivity contribution >= 4 is 5.52 Å². The number of halogens is 6. The molecule has 4 nitrogen and oxygen atoms in total. The minimum Gasteiger partial charge on any atom is -0.245 e. The lowest BCUT2D eigenvalue weighted by molar-refractivity contribution is -0.138. The van der Waals surface area contributed by atoms with Crippen LogP contribution < -0.4 is 0 Å². The lowest BCUT2D eigenvalue weighted by Gasteiger charge is -2.09. The van der Waals surface area contributed by atoms with Gasteiger partial charge in [0.05, 0.1) is 27.9 Å². The van der Waals surface area contributed by atoms with Crippen molar-refractivity contribution in [3.63, 3.8) is 0 Å². The molecule has 0 aliphatic heterocycles. The Kier molecular flexibility index (Phi) is 4.52. The number of rotatable bonds is 2. The Labute approximate surface area is 165 Å². The summed E-state index contributed by atoms with van der Waals surface area (Å²) in [6.45, 7) is 1.72. The van der Waals surface area contributed by atoms with Crippen LogP contribution in [-0.2, 0) is 12.4 Å². The molecular weight excluding hydrogens is 410 g/mol. The largest absolute Gasteiger partial charge is 0.417 e. The van der Waals surface area contributed by atoms with Gasteiger partial charge in [-0.25, -0.2) is 14.5 Å². The Hall–Kier alpha value is -3.43. The molecule has 10 heteroatoms. The van der Waals surface area contributed by atoms with Gasteiger partial charge in [-0.3, -0.25) is 0 Å². The molecule has 0 N–H and O–H groups in total. The van der Waals surface area contributed by atoms with Gasteiger partial charge >= 0.3 is 12.4 Å². The summed E-state index contributed by atoms with van der Waals surface area (Å²) in [7, 11) is 0. The molecule has 0 unspecified atom stereocenters. The number of pyridine rings is 1. The van der Waals surface area contributed by atoms with E-state index < -0.39 is 23.5 Å². The van der Waals surface area contributed by atoms with Gasteiger partial charge < -0.3 is 0 Å². The highest BCUT2D eigenvalue weighted by Gasteiger charge is 2.32. The molecule has 30 heavy (non-hydrogen) atoms. The van der Waals surface area contributed by atoms with Crippen molar-refractivity contribution < 1.29 is 26.3 Å². The number of nitrogens with zero attached hydrogens (tertiary/aromatic N) is 4. The molecule has 0 aliphatic carbocycles. The number of alkyl halides is 6. The van der Waals surface area contributed by atoms with E-state index in [1.165, 1.54) is 30.7 Å². The number of benzene rings is 1. The molecule has 0 spiro atoms. The fourth-order valence-corrected chi connectivity index (χ4v) is 3.13. The van der Waals surface area contributed by atoms with Crippen LogP contribution in [0.15, 0.2) is 55.1 Å². The Morgan fingerprint density at radius 3 is 2.03 bits per heavy atom. The molecule has 0 radical (unpaired) electrons. The van der Waals surface area contributed by atoms with Crippen LogP contribution in [0.4, 0.5) is 26.3 Å².